The van der Waals surface area contributed by atoms with E-state index in [1.54, 1.807) is 42.6 Å². The van der Waals surface area contributed by atoms with Gasteiger partial charge in [-0.1, -0.05) is 12.1 Å². The van der Waals surface area contributed by atoms with Crippen LogP contribution in [-0.4, -0.2) is 73.4 Å². The summed E-state index contributed by atoms with van der Waals surface area (Å²) in [6, 6.07) is 10.3. The predicted molar refractivity (Wildman–Crippen MR) is 109 cm³/mol. The Morgan fingerprint density at radius 2 is 1.83 bits per heavy atom. The summed E-state index contributed by atoms with van der Waals surface area (Å²) in [5, 5.41) is 2.81. The first-order valence-electron chi connectivity index (χ1n) is 9.20. The molecule has 1 fully saturated rings. The Balaban J connectivity index is 1.62. The lowest BCUT2D eigenvalue weighted by atomic mass is 10.1. The molecule has 9 nitrogen and oxygen atoms in total. The Kier molecular flexibility index (Phi) is 5.07. The lowest BCUT2D eigenvalue weighted by Gasteiger charge is -2.34. The van der Waals surface area contributed by atoms with Gasteiger partial charge in [-0.2, -0.15) is 4.31 Å². The molecule has 4 rings (SSSR count). The smallest absolute Gasteiger partial charge is 0.257 e. The van der Waals surface area contributed by atoms with Crippen molar-refractivity contribution in [2.45, 2.75) is 0 Å². The number of nitrogens with zero attached hydrogens (tertiary/aromatic N) is 4. The number of piperazine rings is 1. The molecule has 10 heteroatoms. The molecule has 0 spiro atoms. The number of sulfonamides is 1. The van der Waals surface area contributed by atoms with E-state index in [9.17, 15) is 18.0 Å². The van der Waals surface area contributed by atoms with Crippen LogP contribution in [0.5, 0.6) is 0 Å². The van der Waals surface area contributed by atoms with E-state index in [0.29, 0.717) is 48.9 Å². The third-order valence-corrected chi connectivity index (χ3v) is 6.35. The molecule has 0 radical (unpaired) electrons. The zero-order valence-electron chi connectivity index (χ0n) is 15.9. The fraction of sp³-hybridized carbons (Fsp3) is 0.316. The van der Waals surface area contributed by atoms with Gasteiger partial charge in [-0.15, -0.1) is 0 Å². The second-order valence-corrected chi connectivity index (χ2v) is 9.00. The Labute approximate surface area is 169 Å². The Morgan fingerprint density at radius 3 is 2.55 bits per heavy atom. The number of hydrogen-bond donors (Lipinski definition) is 1. The van der Waals surface area contributed by atoms with Crippen molar-refractivity contribution in [2.24, 2.45) is 0 Å². The van der Waals surface area contributed by atoms with Gasteiger partial charge in [0, 0.05) is 32.4 Å². The zero-order valence-corrected chi connectivity index (χ0v) is 16.7. The fourth-order valence-corrected chi connectivity index (χ4v) is 4.40. The number of benzene rings is 1. The van der Waals surface area contributed by atoms with E-state index in [4.69, 9.17) is 0 Å². The van der Waals surface area contributed by atoms with Crippen LogP contribution in [0.4, 0.5) is 17.2 Å². The summed E-state index contributed by atoms with van der Waals surface area (Å²) in [7, 11) is -3.23. The highest BCUT2D eigenvalue weighted by Gasteiger charge is 2.32. The number of aromatic nitrogens is 1. The number of fused-ring (bicyclic) bond motifs is 2. The SMILES string of the molecule is CS(=O)(=O)N1CCN(CC(=O)N2c3ccccc3C(=O)Nc3cccnc32)CC1. The topological polar surface area (TPSA) is 103 Å². The number of carbonyl (C=O) groups excluding carboxylic acids is 2. The highest BCUT2D eigenvalue weighted by molar-refractivity contribution is 7.88. The molecule has 1 N–H and O–H groups in total. The van der Waals surface area contributed by atoms with Crippen LogP contribution in [0.1, 0.15) is 10.4 Å². The molecule has 0 unspecified atom stereocenters. The zero-order chi connectivity index (χ0) is 20.6. The molecule has 0 aliphatic carbocycles. The molecule has 3 heterocycles. The number of para-hydroxylation sites is 1. The standard InChI is InChI=1S/C19H21N5O4S/c1-29(27,28)23-11-9-22(10-12-23)13-17(25)24-16-7-3-2-5-14(16)19(26)21-15-6-4-8-20-18(15)24/h2-8H,9-13H2,1H3,(H,21,26). The van der Waals surface area contributed by atoms with E-state index < -0.39 is 10.0 Å². The highest BCUT2D eigenvalue weighted by Crippen LogP contribution is 2.36. The minimum absolute atomic E-state index is 0.0934. The third-order valence-electron chi connectivity index (χ3n) is 5.04. The first kappa shape index (κ1) is 19.5. The Bertz CT molecular complexity index is 1060. The van der Waals surface area contributed by atoms with E-state index in [0.717, 1.165) is 0 Å². The van der Waals surface area contributed by atoms with E-state index >= 15 is 0 Å². The van der Waals surface area contributed by atoms with Crippen molar-refractivity contribution in [1.29, 1.82) is 0 Å². The monoisotopic (exact) mass is 415 g/mol. The molecule has 2 aliphatic rings. The van der Waals surface area contributed by atoms with Crippen LogP contribution >= 0.6 is 0 Å². The van der Waals surface area contributed by atoms with Gasteiger partial charge >= 0.3 is 0 Å². The Hall–Kier alpha value is -2.82. The van der Waals surface area contributed by atoms with Crippen molar-refractivity contribution in [3.63, 3.8) is 0 Å². The lowest BCUT2D eigenvalue weighted by molar-refractivity contribution is -0.119. The molecular formula is C19H21N5O4S. The van der Waals surface area contributed by atoms with Crippen molar-refractivity contribution in [1.82, 2.24) is 14.2 Å². The number of hydrogen-bond acceptors (Lipinski definition) is 6. The fourth-order valence-electron chi connectivity index (χ4n) is 3.57. The summed E-state index contributed by atoms with van der Waals surface area (Å²) in [6.45, 7) is 1.70. The summed E-state index contributed by atoms with van der Waals surface area (Å²) >= 11 is 0. The van der Waals surface area contributed by atoms with Crippen LogP contribution in [0.2, 0.25) is 0 Å². The van der Waals surface area contributed by atoms with Gasteiger partial charge in [0.2, 0.25) is 15.9 Å². The van der Waals surface area contributed by atoms with E-state index in [1.807, 2.05) is 4.90 Å². The van der Waals surface area contributed by atoms with E-state index in [-0.39, 0.29) is 18.4 Å². The number of pyridine rings is 1. The molecule has 29 heavy (non-hydrogen) atoms. The third kappa shape index (κ3) is 3.86. The number of anilines is 3. The second-order valence-electron chi connectivity index (χ2n) is 7.01. The highest BCUT2D eigenvalue weighted by atomic mass is 32.2. The van der Waals surface area contributed by atoms with Crippen molar-refractivity contribution in [3.05, 3.63) is 48.2 Å². The Morgan fingerprint density at radius 1 is 1.10 bits per heavy atom. The summed E-state index contributed by atoms with van der Waals surface area (Å²) < 4.78 is 24.8. The summed E-state index contributed by atoms with van der Waals surface area (Å²) in [4.78, 5) is 33.6. The number of nitrogens with one attached hydrogen (secondary N) is 1. The van der Waals surface area contributed by atoms with Crippen LogP contribution in [0.15, 0.2) is 42.6 Å². The summed E-state index contributed by atoms with van der Waals surface area (Å²) in [6.07, 6.45) is 2.76. The number of rotatable bonds is 3. The van der Waals surface area contributed by atoms with Crippen LogP contribution in [0.3, 0.4) is 0 Å². The quantitative estimate of drug-likeness (QED) is 0.799. The van der Waals surface area contributed by atoms with Crippen molar-refractivity contribution in [2.75, 3.05) is 49.2 Å². The first-order valence-corrected chi connectivity index (χ1v) is 11.1. The maximum atomic E-state index is 13.3. The van der Waals surface area contributed by atoms with Crippen LogP contribution in [0.25, 0.3) is 0 Å². The molecule has 152 valence electrons. The molecule has 2 aromatic rings. The van der Waals surface area contributed by atoms with Crippen molar-refractivity contribution < 1.29 is 18.0 Å². The minimum Gasteiger partial charge on any atom is -0.319 e. The molecule has 2 amide bonds. The summed E-state index contributed by atoms with van der Waals surface area (Å²) in [5.74, 6) is -0.167. The number of amides is 2. The number of carbonyl (C=O) groups is 2. The average Bonchev–Trinajstić information content (AvgIpc) is 2.81. The van der Waals surface area contributed by atoms with Gasteiger partial charge in [-0.3, -0.25) is 19.4 Å². The summed E-state index contributed by atoms with van der Waals surface area (Å²) in [5.41, 5.74) is 1.33. The van der Waals surface area contributed by atoms with Crippen LogP contribution < -0.4 is 10.2 Å². The van der Waals surface area contributed by atoms with E-state index in [1.165, 1.54) is 15.5 Å². The van der Waals surface area contributed by atoms with Gasteiger partial charge < -0.3 is 5.32 Å². The van der Waals surface area contributed by atoms with Gasteiger partial charge in [-0.05, 0) is 24.3 Å². The van der Waals surface area contributed by atoms with Gasteiger partial charge in [0.15, 0.2) is 5.82 Å². The van der Waals surface area contributed by atoms with Gasteiger partial charge in [0.25, 0.3) is 5.91 Å². The van der Waals surface area contributed by atoms with Gasteiger partial charge in [-0.25, -0.2) is 13.4 Å². The molecule has 0 atom stereocenters. The molecule has 0 saturated carbocycles. The maximum absolute atomic E-state index is 13.3. The second kappa shape index (κ2) is 7.54. The van der Waals surface area contributed by atoms with E-state index in [2.05, 4.69) is 10.3 Å². The first-order chi connectivity index (χ1) is 13.8. The molecule has 0 bridgehead atoms. The van der Waals surface area contributed by atoms with Gasteiger partial charge in [0.05, 0.1) is 29.7 Å². The molecule has 1 saturated heterocycles. The average molecular weight is 415 g/mol. The maximum Gasteiger partial charge on any atom is 0.257 e. The largest absolute Gasteiger partial charge is 0.319 e. The van der Waals surface area contributed by atoms with Gasteiger partial charge in [0.1, 0.15) is 0 Å². The lowest BCUT2D eigenvalue weighted by Crippen LogP contribution is -2.51. The van der Waals surface area contributed by atoms with Crippen molar-refractivity contribution in [3.8, 4) is 0 Å². The molecule has 2 aliphatic heterocycles. The van der Waals surface area contributed by atoms with Crippen LogP contribution in [0, 0.1) is 0 Å². The molecular weight excluding hydrogens is 394 g/mol. The predicted octanol–water partition coefficient (Wildman–Crippen LogP) is 0.889. The minimum atomic E-state index is -3.23. The molecule has 1 aromatic heterocycles. The molecule has 1 aromatic carbocycles. The van der Waals surface area contributed by atoms with Crippen LogP contribution in [-0.2, 0) is 14.8 Å². The van der Waals surface area contributed by atoms with Crippen molar-refractivity contribution >= 4 is 39.0 Å². The normalized spacial score (nSPS) is 17.8.